The van der Waals surface area contributed by atoms with E-state index in [1.807, 2.05) is 13.8 Å². The number of rotatable bonds is 6. The molecule has 1 aromatic heterocycles. The first-order chi connectivity index (χ1) is 16.7. The van der Waals surface area contributed by atoms with Crippen LogP contribution in [0, 0.1) is 19.8 Å². The van der Waals surface area contributed by atoms with E-state index in [1.54, 1.807) is 60.9 Å². The van der Waals surface area contributed by atoms with Crippen molar-refractivity contribution in [3.8, 4) is 5.75 Å². The van der Waals surface area contributed by atoms with Crippen LogP contribution in [0.2, 0.25) is 5.02 Å². The van der Waals surface area contributed by atoms with Gasteiger partial charge in [0, 0.05) is 28.7 Å². The third kappa shape index (κ3) is 4.80. The van der Waals surface area contributed by atoms with Crippen LogP contribution in [0.1, 0.15) is 42.1 Å². The number of ketones is 1. The fraction of sp³-hybridized carbons (Fsp3) is 0.250. The lowest BCUT2D eigenvalue weighted by atomic mass is 9.95. The van der Waals surface area contributed by atoms with Gasteiger partial charge in [0.2, 0.25) is 0 Å². The minimum atomic E-state index is -0.847. The summed E-state index contributed by atoms with van der Waals surface area (Å²) in [4.78, 5) is 32.2. The number of benzene rings is 2. The Bertz CT molecular complexity index is 1320. The van der Waals surface area contributed by atoms with Gasteiger partial charge >= 0.3 is 0 Å². The average Bonchev–Trinajstić information content (AvgIpc) is 3.08. The second-order valence-corrected chi connectivity index (χ2v) is 9.51. The van der Waals surface area contributed by atoms with Crippen molar-refractivity contribution >= 4 is 34.7 Å². The van der Waals surface area contributed by atoms with Gasteiger partial charge in [-0.1, -0.05) is 31.5 Å². The van der Waals surface area contributed by atoms with Gasteiger partial charge in [0.15, 0.2) is 0 Å². The molecule has 1 saturated heterocycles. The van der Waals surface area contributed by atoms with Crippen LogP contribution in [0.25, 0.3) is 5.76 Å². The van der Waals surface area contributed by atoms with Crippen molar-refractivity contribution in [1.29, 1.82) is 0 Å². The van der Waals surface area contributed by atoms with Crippen LogP contribution in [0.5, 0.6) is 5.75 Å². The van der Waals surface area contributed by atoms with Gasteiger partial charge in [-0.2, -0.15) is 0 Å². The van der Waals surface area contributed by atoms with Crippen molar-refractivity contribution in [2.24, 2.45) is 5.92 Å². The Morgan fingerprint density at radius 1 is 1.11 bits per heavy atom. The van der Waals surface area contributed by atoms with Gasteiger partial charge in [-0.05, 0) is 78.9 Å². The summed E-state index contributed by atoms with van der Waals surface area (Å²) >= 11 is 6.13. The number of halogens is 1. The molecule has 1 atom stereocenters. The Morgan fingerprint density at radius 2 is 1.89 bits per heavy atom. The van der Waals surface area contributed by atoms with E-state index in [0.717, 1.165) is 11.1 Å². The van der Waals surface area contributed by atoms with Crippen molar-refractivity contribution < 1.29 is 19.4 Å². The molecule has 1 amide bonds. The number of aliphatic hydroxyl groups excluding tert-OH is 1. The molecule has 3 aromatic rings. The van der Waals surface area contributed by atoms with E-state index in [-0.39, 0.29) is 11.3 Å². The van der Waals surface area contributed by atoms with E-state index in [4.69, 9.17) is 16.3 Å². The van der Waals surface area contributed by atoms with Crippen LogP contribution in [-0.2, 0) is 9.59 Å². The number of ether oxygens (including phenoxy) is 1. The zero-order chi connectivity index (χ0) is 25.3. The quantitative estimate of drug-likeness (QED) is 0.260. The maximum atomic E-state index is 13.3. The third-order valence-electron chi connectivity index (χ3n) is 5.88. The molecule has 4 rings (SSSR count). The number of aromatic nitrogens is 1. The minimum Gasteiger partial charge on any atom is -0.507 e. The highest BCUT2D eigenvalue weighted by atomic mass is 35.5. The number of aryl methyl sites for hydroxylation is 2. The van der Waals surface area contributed by atoms with Crippen LogP contribution in [0.3, 0.4) is 0 Å². The lowest BCUT2D eigenvalue weighted by molar-refractivity contribution is -0.132. The Morgan fingerprint density at radius 3 is 2.51 bits per heavy atom. The Labute approximate surface area is 209 Å². The Balaban J connectivity index is 1.85. The number of carbonyl (C=O) groups is 2. The van der Waals surface area contributed by atoms with Gasteiger partial charge in [-0.3, -0.25) is 19.5 Å². The van der Waals surface area contributed by atoms with Crippen LogP contribution < -0.4 is 9.64 Å². The molecule has 0 saturated carbocycles. The number of carbonyl (C=O) groups excluding carboxylic acids is 2. The number of amides is 1. The highest BCUT2D eigenvalue weighted by Crippen LogP contribution is 2.43. The number of nitrogens with zero attached hydrogens (tertiary/aromatic N) is 2. The standard InChI is InChI=1S/C28H27ClN2O4/c1-16(2)15-35-23-10-7-19(12-18(23)4)26(32)24-25(20-6-5-11-30-14-20)31(28(34)27(24)33)22-9-8-21(29)13-17(22)3/h5-14,16,25,32H,15H2,1-4H3/b26-24+. The van der Waals surface area contributed by atoms with Gasteiger partial charge in [-0.25, -0.2) is 0 Å². The lowest BCUT2D eigenvalue weighted by Crippen LogP contribution is -2.30. The fourth-order valence-electron chi connectivity index (χ4n) is 4.19. The molecule has 1 aliphatic rings. The second-order valence-electron chi connectivity index (χ2n) is 9.07. The maximum Gasteiger partial charge on any atom is 0.300 e. The molecule has 0 bridgehead atoms. The minimum absolute atomic E-state index is 0.00704. The average molecular weight is 491 g/mol. The molecule has 1 unspecified atom stereocenters. The van der Waals surface area contributed by atoms with Gasteiger partial charge in [0.1, 0.15) is 11.5 Å². The Hall–Kier alpha value is -3.64. The van der Waals surface area contributed by atoms with Gasteiger partial charge in [0.25, 0.3) is 11.7 Å². The van der Waals surface area contributed by atoms with Gasteiger partial charge in [-0.15, -0.1) is 0 Å². The van der Waals surface area contributed by atoms with Crippen molar-refractivity contribution in [1.82, 2.24) is 4.98 Å². The number of pyridine rings is 1. The van der Waals surface area contributed by atoms with Crippen molar-refractivity contribution in [3.05, 3.63) is 93.8 Å². The molecule has 6 nitrogen and oxygen atoms in total. The highest BCUT2D eigenvalue weighted by Gasteiger charge is 2.47. The summed E-state index contributed by atoms with van der Waals surface area (Å²) in [5.74, 6) is -0.654. The monoisotopic (exact) mass is 490 g/mol. The van der Waals surface area contributed by atoms with Crippen LogP contribution in [0.4, 0.5) is 5.69 Å². The zero-order valence-corrected chi connectivity index (χ0v) is 20.8. The van der Waals surface area contributed by atoms with E-state index in [9.17, 15) is 14.7 Å². The largest absolute Gasteiger partial charge is 0.507 e. The first-order valence-electron chi connectivity index (χ1n) is 11.4. The molecule has 2 aromatic carbocycles. The number of aliphatic hydroxyl groups is 1. The molecular formula is C28H27ClN2O4. The summed E-state index contributed by atoms with van der Waals surface area (Å²) in [6, 6.07) is 13.0. The molecule has 1 fully saturated rings. The van der Waals surface area contributed by atoms with Crippen molar-refractivity contribution in [3.63, 3.8) is 0 Å². The Kier molecular flexibility index (Phi) is 6.94. The predicted molar refractivity (Wildman–Crippen MR) is 137 cm³/mol. The smallest absolute Gasteiger partial charge is 0.300 e. The lowest BCUT2D eigenvalue weighted by Gasteiger charge is -2.26. The zero-order valence-electron chi connectivity index (χ0n) is 20.1. The first kappa shape index (κ1) is 24.5. The molecule has 0 aliphatic carbocycles. The molecule has 0 spiro atoms. The fourth-order valence-corrected chi connectivity index (χ4v) is 4.42. The van der Waals surface area contributed by atoms with Crippen LogP contribution in [-0.4, -0.2) is 28.4 Å². The number of hydrogen-bond acceptors (Lipinski definition) is 5. The molecule has 7 heteroatoms. The molecule has 1 N–H and O–H groups in total. The van der Waals surface area contributed by atoms with E-state index >= 15 is 0 Å². The number of hydrogen-bond donors (Lipinski definition) is 1. The van der Waals surface area contributed by atoms with E-state index < -0.39 is 17.7 Å². The van der Waals surface area contributed by atoms with E-state index in [2.05, 4.69) is 18.8 Å². The third-order valence-corrected chi connectivity index (χ3v) is 6.12. The summed E-state index contributed by atoms with van der Waals surface area (Å²) in [6.07, 6.45) is 3.21. The summed E-state index contributed by atoms with van der Waals surface area (Å²) in [5.41, 5.74) is 3.13. The first-order valence-corrected chi connectivity index (χ1v) is 11.8. The second kappa shape index (κ2) is 9.92. The number of Topliss-reactive ketones (excluding diaryl/α,β-unsaturated/α-hetero) is 1. The van der Waals surface area contributed by atoms with Crippen LogP contribution >= 0.6 is 11.6 Å². The summed E-state index contributed by atoms with van der Waals surface area (Å²) < 4.78 is 5.84. The van der Waals surface area contributed by atoms with Crippen molar-refractivity contribution in [2.75, 3.05) is 11.5 Å². The molecule has 0 radical (unpaired) electrons. The summed E-state index contributed by atoms with van der Waals surface area (Å²) in [6.45, 7) is 8.39. The predicted octanol–water partition coefficient (Wildman–Crippen LogP) is 6.01. The highest BCUT2D eigenvalue weighted by molar-refractivity contribution is 6.51. The van der Waals surface area contributed by atoms with Gasteiger partial charge < -0.3 is 9.84 Å². The van der Waals surface area contributed by atoms with Crippen molar-refractivity contribution in [2.45, 2.75) is 33.7 Å². The topological polar surface area (TPSA) is 79.7 Å². The number of anilines is 1. The molecule has 1 aliphatic heterocycles. The molecule has 2 heterocycles. The SMILES string of the molecule is Cc1cc(/C(O)=C2\C(=O)C(=O)N(c3ccc(Cl)cc3C)C2c2cccnc2)ccc1OCC(C)C. The molecular weight excluding hydrogens is 464 g/mol. The maximum absolute atomic E-state index is 13.3. The summed E-state index contributed by atoms with van der Waals surface area (Å²) in [7, 11) is 0. The molecule has 180 valence electrons. The van der Waals surface area contributed by atoms with E-state index in [0.29, 0.717) is 40.1 Å². The molecule has 35 heavy (non-hydrogen) atoms. The van der Waals surface area contributed by atoms with Gasteiger partial charge in [0.05, 0.1) is 18.2 Å². The van der Waals surface area contributed by atoms with E-state index in [1.165, 1.54) is 4.90 Å². The van der Waals surface area contributed by atoms with Crippen LogP contribution in [0.15, 0.2) is 66.5 Å². The summed E-state index contributed by atoms with van der Waals surface area (Å²) in [5, 5.41) is 11.9. The normalized spacial score (nSPS) is 17.3.